The summed E-state index contributed by atoms with van der Waals surface area (Å²) in [6, 6.07) is 0. The Morgan fingerprint density at radius 3 is 1.38 bits per heavy atom. The molecule has 0 aliphatic heterocycles. The summed E-state index contributed by atoms with van der Waals surface area (Å²) in [5.41, 5.74) is 5.87. The summed E-state index contributed by atoms with van der Waals surface area (Å²) in [4.78, 5) is 0. The molecular formula is C31H61N. The van der Waals surface area contributed by atoms with E-state index >= 15 is 0 Å². The van der Waals surface area contributed by atoms with Crippen LogP contribution in [0.3, 0.4) is 0 Å². The van der Waals surface area contributed by atoms with Crippen LogP contribution in [0.1, 0.15) is 162 Å². The van der Waals surface area contributed by atoms with Crippen LogP contribution >= 0.6 is 0 Å². The minimum Gasteiger partial charge on any atom is -0.330 e. The topological polar surface area (TPSA) is 26.0 Å². The van der Waals surface area contributed by atoms with Gasteiger partial charge in [0.2, 0.25) is 0 Å². The van der Waals surface area contributed by atoms with Crippen LogP contribution in [0.15, 0.2) is 24.3 Å². The van der Waals surface area contributed by atoms with E-state index in [1.165, 1.54) is 141 Å². The molecule has 0 amide bonds. The standard InChI is InChI=1S/C31H61N/c1-3-5-7-9-11-12-13-14-15-16-17-18-19-20-22-24-26-28-31(29-30-32)27-25-23-21-10-8-6-4-2/h11-12,14-15,31H,3-10,13,16-30,32H2,1-2H3. The van der Waals surface area contributed by atoms with Crippen LogP contribution in [-0.2, 0) is 0 Å². The number of hydrogen-bond acceptors (Lipinski definition) is 1. The fourth-order valence-electron chi connectivity index (χ4n) is 4.66. The molecule has 1 nitrogen and oxygen atoms in total. The van der Waals surface area contributed by atoms with Gasteiger partial charge in [-0.1, -0.05) is 147 Å². The summed E-state index contributed by atoms with van der Waals surface area (Å²) in [5.74, 6) is 0.897. The molecule has 1 heteroatoms. The van der Waals surface area contributed by atoms with E-state index in [0.717, 1.165) is 18.9 Å². The van der Waals surface area contributed by atoms with Crippen molar-refractivity contribution in [3.63, 3.8) is 0 Å². The first-order valence-electron chi connectivity index (χ1n) is 14.8. The Balaban J connectivity index is 3.43. The zero-order valence-electron chi connectivity index (χ0n) is 22.4. The molecule has 0 aliphatic carbocycles. The van der Waals surface area contributed by atoms with Gasteiger partial charge in [-0.15, -0.1) is 0 Å². The molecule has 1 atom stereocenters. The lowest BCUT2D eigenvalue weighted by atomic mass is 9.91. The molecule has 1 unspecified atom stereocenters. The lowest BCUT2D eigenvalue weighted by Gasteiger charge is -2.16. The molecule has 2 N–H and O–H groups in total. The molecule has 0 aliphatic rings. The average molecular weight is 448 g/mol. The minimum atomic E-state index is 0.880. The summed E-state index contributed by atoms with van der Waals surface area (Å²) in [6.07, 6.45) is 41.1. The first-order valence-corrected chi connectivity index (χ1v) is 14.8. The Morgan fingerprint density at radius 2 is 0.875 bits per heavy atom. The van der Waals surface area contributed by atoms with Gasteiger partial charge in [0, 0.05) is 0 Å². The molecule has 0 aromatic carbocycles. The molecule has 0 radical (unpaired) electrons. The summed E-state index contributed by atoms with van der Waals surface area (Å²) in [6.45, 7) is 5.45. The van der Waals surface area contributed by atoms with Crippen molar-refractivity contribution in [2.24, 2.45) is 11.7 Å². The highest BCUT2D eigenvalue weighted by molar-refractivity contribution is 4.92. The van der Waals surface area contributed by atoms with Crippen LogP contribution in [0, 0.1) is 5.92 Å². The molecule has 0 rings (SSSR count). The smallest absolute Gasteiger partial charge is 0.00746 e. The van der Waals surface area contributed by atoms with Gasteiger partial charge < -0.3 is 5.73 Å². The second-order valence-electron chi connectivity index (χ2n) is 10.1. The van der Waals surface area contributed by atoms with Crippen LogP contribution in [0.2, 0.25) is 0 Å². The quantitative estimate of drug-likeness (QED) is 0.103. The van der Waals surface area contributed by atoms with Crippen molar-refractivity contribution < 1.29 is 0 Å². The van der Waals surface area contributed by atoms with Crippen LogP contribution in [0.4, 0.5) is 0 Å². The Kier molecular flexibility index (Phi) is 28.0. The van der Waals surface area contributed by atoms with Gasteiger partial charge in [0.25, 0.3) is 0 Å². The highest BCUT2D eigenvalue weighted by Gasteiger charge is 2.07. The van der Waals surface area contributed by atoms with Gasteiger partial charge >= 0.3 is 0 Å². The maximum absolute atomic E-state index is 5.87. The van der Waals surface area contributed by atoms with E-state index in [9.17, 15) is 0 Å². The molecule has 0 fully saturated rings. The van der Waals surface area contributed by atoms with E-state index in [4.69, 9.17) is 5.73 Å². The maximum atomic E-state index is 5.87. The van der Waals surface area contributed by atoms with E-state index in [2.05, 4.69) is 38.2 Å². The predicted octanol–water partition coefficient (Wildman–Crippen LogP) is 10.7. The molecule has 0 saturated heterocycles. The molecule has 0 bridgehead atoms. The van der Waals surface area contributed by atoms with Crippen molar-refractivity contribution in [1.82, 2.24) is 0 Å². The van der Waals surface area contributed by atoms with Gasteiger partial charge in [0.15, 0.2) is 0 Å². The first kappa shape index (κ1) is 31.4. The largest absolute Gasteiger partial charge is 0.330 e. The lowest BCUT2D eigenvalue weighted by Crippen LogP contribution is -2.09. The Hall–Kier alpha value is -0.560. The van der Waals surface area contributed by atoms with Gasteiger partial charge in [-0.25, -0.2) is 0 Å². The number of rotatable bonds is 26. The monoisotopic (exact) mass is 447 g/mol. The fraction of sp³-hybridized carbons (Fsp3) is 0.871. The summed E-state index contributed by atoms with van der Waals surface area (Å²) in [7, 11) is 0. The van der Waals surface area contributed by atoms with Crippen molar-refractivity contribution in [3.05, 3.63) is 24.3 Å². The Labute approximate surface area is 204 Å². The summed E-state index contributed by atoms with van der Waals surface area (Å²) < 4.78 is 0. The van der Waals surface area contributed by atoms with E-state index in [1.54, 1.807) is 0 Å². The molecule has 0 spiro atoms. The van der Waals surface area contributed by atoms with Crippen molar-refractivity contribution >= 4 is 0 Å². The number of unbranched alkanes of at least 4 members (excludes halogenated alkanes) is 16. The minimum absolute atomic E-state index is 0.880. The van der Waals surface area contributed by atoms with Crippen molar-refractivity contribution in [2.75, 3.05) is 6.54 Å². The predicted molar refractivity (Wildman–Crippen MR) is 148 cm³/mol. The van der Waals surface area contributed by atoms with Crippen LogP contribution in [-0.4, -0.2) is 6.54 Å². The summed E-state index contributed by atoms with van der Waals surface area (Å²) >= 11 is 0. The zero-order valence-corrected chi connectivity index (χ0v) is 22.4. The van der Waals surface area contributed by atoms with Crippen molar-refractivity contribution in [2.45, 2.75) is 162 Å². The zero-order chi connectivity index (χ0) is 23.4. The Morgan fingerprint density at radius 1 is 0.469 bits per heavy atom. The van der Waals surface area contributed by atoms with Gasteiger partial charge in [0.05, 0.1) is 0 Å². The molecule has 32 heavy (non-hydrogen) atoms. The van der Waals surface area contributed by atoms with Crippen LogP contribution in [0.5, 0.6) is 0 Å². The summed E-state index contributed by atoms with van der Waals surface area (Å²) in [5, 5.41) is 0. The SMILES string of the molecule is CCCCCC=CCC=CCCCCCCCCCC(CCN)CCCCCCCCC. The normalized spacial score (nSPS) is 13.0. The third kappa shape index (κ3) is 25.7. The number of hydrogen-bond donors (Lipinski definition) is 1. The van der Waals surface area contributed by atoms with E-state index in [1.807, 2.05) is 0 Å². The molecule has 0 aromatic rings. The fourth-order valence-corrected chi connectivity index (χ4v) is 4.66. The van der Waals surface area contributed by atoms with Crippen molar-refractivity contribution in [3.8, 4) is 0 Å². The third-order valence-corrected chi connectivity index (χ3v) is 6.85. The lowest BCUT2D eigenvalue weighted by molar-refractivity contribution is 0.384. The van der Waals surface area contributed by atoms with Gasteiger partial charge in [-0.2, -0.15) is 0 Å². The number of allylic oxidation sites excluding steroid dienone is 4. The second kappa shape index (κ2) is 28.5. The van der Waals surface area contributed by atoms with Crippen LogP contribution < -0.4 is 5.73 Å². The van der Waals surface area contributed by atoms with E-state index < -0.39 is 0 Å². The third-order valence-electron chi connectivity index (χ3n) is 6.85. The average Bonchev–Trinajstić information content (AvgIpc) is 2.80. The van der Waals surface area contributed by atoms with E-state index in [0.29, 0.717) is 0 Å². The van der Waals surface area contributed by atoms with Crippen LogP contribution in [0.25, 0.3) is 0 Å². The molecule has 0 aromatic heterocycles. The van der Waals surface area contributed by atoms with Gasteiger partial charge in [0.1, 0.15) is 0 Å². The highest BCUT2D eigenvalue weighted by Crippen LogP contribution is 2.21. The first-order chi connectivity index (χ1) is 15.8. The van der Waals surface area contributed by atoms with E-state index in [-0.39, 0.29) is 0 Å². The molecule has 190 valence electrons. The van der Waals surface area contributed by atoms with Gasteiger partial charge in [-0.05, 0) is 51.0 Å². The second-order valence-corrected chi connectivity index (χ2v) is 10.1. The highest BCUT2D eigenvalue weighted by atomic mass is 14.5. The Bertz CT molecular complexity index is 384. The van der Waals surface area contributed by atoms with Gasteiger partial charge in [-0.3, -0.25) is 0 Å². The molecular weight excluding hydrogens is 386 g/mol. The van der Waals surface area contributed by atoms with Crippen molar-refractivity contribution in [1.29, 1.82) is 0 Å². The molecule has 0 heterocycles. The molecule has 0 saturated carbocycles. The maximum Gasteiger partial charge on any atom is -0.00746 e. The number of nitrogens with two attached hydrogens (primary N) is 1.